The maximum absolute atomic E-state index is 13.2. The van der Waals surface area contributed by atoms with Gasteiger partial charge in [0.25, 0.3) is 0 Å². The molecule has 0 unspecified atom stereocenters. The molecule has 0 amide bonds. The highest BCUT2D eigenvalue weighted by Crippen LogP contribution is 2.53. The molecule has 0 saturated carbocycles. The second-order valence-electron chi connectivity index (χ2n) is 7.10. The molecular formula is C22H20O7. The Morgan fingerprint density at radius 1 is 1.14 bits per heavy atom. The van der Waals surface area contributed by atoms with E-state index in [1.807, 2.05) is 0 Å². The Kier molecular flexibility index (Phi) is 4.19. The van der Waals surface area contributed by atoms with Crippen molar-refractivity contribution >= 4 is 11.0 Å². The van der Waals surface area contributed by atoms with Gasteiger partial charge in [0.2, 0.25) is 0 Å². The number of phenolic OH excluding ortho intramolecular Hbond substituents is 3. The first-order valence-electron chi connectivity index (χ1n) is 8.93. The molecule has 0 aliphatic heterocycles. The van der Waals surface area contributed by atoms with Gasteiger partial charge >= 0.3 is 0 Å². The largest absolute Gasteiger partial charge is 0.507 e. The third-order valence-corrected chi connectivity index (χ3v) is 5.36. The van der Waals surface area contributed by atoms with Gasteiger partial charge < -0.3 is 29.2 Å². The maximum Gasteiger partial charge on any atom is 0.200 e. The van der Waals surface area contributed by atoms with Crippen LogP contribution >= 0.6 is 0 Å². The van der Waals surface area contributed by atoms with Gasteiger partial charge in [-0.15, -0.1) is 0 Å². The Balaban J connectivity index is 2.16. The van der Waals surface area contributed by atoms with E-state index in [0.717, 1.165) is 0 Å². The molecule has 1 aliphatic carbocycles. The summed E-state index contributed by atoms with van der Waals surface area (Å²) in [7, 11) is 2.82. The lowest BCUT2D eigenvalue weighted by Crippen LogP contribution is -2.21. The van der Waals surface area contributed by atoms with E-state index in [1.165, 1.54) is 32.4 Å². The minimum Gasteiger partial charge on any atom is -0.507 e. The average Bonchev–Trinajstić information content (AvgIpc) is 2.68. The third-order valence-electron chi connectivity index (χ3n) is 5.36. The van der Waals surface area contributed by atoms with Crippen molar-refractivity contribution in [3.05, 3.63) is 51.7 Å². The van der Waals surface area contributed by atoms with E-state index in [-0.39, 0.29) is 51.7 Å². The van der Waals surface area contributed by atoms with Crippen LogP contribution in [-0.2, 0) is 6.42 Å². The van der Waals surface area contributed by atoms with Crippen LogP contribution in [0, 0.1) is 0 Å². The van der Waals surface area contributed by atoms with Crippen molar-refractivity contribution in [3.63, 3.8) is 0 Å². The first-order chi connectivity index (χ1) is 13.8. The highest BCUT2D eigenvalue weighted by atomic mass is 16.5. The number of hydrogen-bond donors (Lipinski definition) is 3. The molecule has 1 aromatic heterocycles. The van der Waals surface area contributed by atoms with E-state index in [2.05, 4.69) is 6.58 Å². The van der Waals surface area contributed by atoms with Crippen molar-refractivity contribution in [2.24, 2.45) is 0 Å². The van der Waals surface area contributed by atoms with Gasteiger partial charge in [0.05, 0.1) is 19.8 Å². The number of hydrogen-bond acceptors (Lipinski definition) is 7. The number of rotatable bonds is 3. The Morgan fingerprint density at radius 3 is 2.48 bits per heavy atom. The quantitative estimate of drug-likeness (QED) is 0.456. The molecule has 3 aromatic rings. The molecule has 1 atom stereocenters. The summed E-state index contributed by atoms with van der Waals surface area (Å²) in [6.07, 6.45) is 0.196. The Labute approximate surface area is 166 Å². The minimum atomic E-state index is -0.445. The van der Waals surface area contributed by atoms with Crippen molar-refractivity contribution < 1.29 is 29.2 Å². The number of phenols is 3. The van der Waals surface area contributed by atoms with Crippen molar-refractivity contribution in [2.45, 2.75) is 19.3 Å². The van der Waals surface area contributed by atoms with Crippen molar-refractivity contribution in [1.82, 2.24) is 0 Å². The van der Waals surface area contributed by atoms with Gasteiger partial charge in [-0.25, -0.2) is 0 Å². The molecule has 3 N–H and O–H groups in total. The normalized spacial score (nSPS) is 14.9. The minimum absolute atomic E-state index is 0.0330. The Morgan fingerprint density at radius 2 is 1.86 bits per heavy atom. The van der Waals surface area contributed by atoms with E-state index in [9.17, 15) is 20.1 Å². The smallest absolute Gasteiger partial charge is 0.200 e. The number of fused-ring (bicyclic) bond motifs is 4. The fourth-order valence-corrected chi connectivity index (χ4v) is 3.93. The van der Waals surface area contributed by atoms with Crippen LogP contribution in [0.4, 0.5) is 0 Å². The van der Waals surface area contributed by atoms with Crippen LogP contribution < -0.4 is 14.9 Å². The summed E-state index contributed by atoms with van der Waals surface area (Å²) >= 11 is 0. The highest BCUT2D eigenvalue weighted by Gasteiger charge is 2.36. The molecule has 0 radical (unpaired) electrons. The first-order valence-corrected chi connectivity index (χ1v) is 8.93. The van der Waals surface area contributed by atoms with E-state index in [1.54, 1.807) is 6.92 Å². The van der Waals surface area contributed by atoms with Gasteiger partial charge in [-0.3, -0.25) is 4.79 Å². The zero-order valence-corrected chi connectivity index (χ0v) is 16.2. The molecule has 7 nitrogen and oxygen atoms in total. The van der Waals surface area contributed by atoms with E-state index in [0.29, 0.717) is 22.4 Å². The lowest BCUT2D eigenvalue weighted by molar-refractivity contribution is 0.363. The van der Waals surface area contributed by atoms with Gasteiger partial charge in [-0.2, -0.15) is 0 Å². The SMILES string of the molecule is C=C(C)[C@@H]1Cc2c(oc3cc(OC)cc(O)c3c2=O)-c2c(O)cc(OC)c(O)c21. The summed E-state index contributed by atoms with van der Waals surface area (Å²) in [4.78, 5) is 13.2. The number of allylic oxidation sites excluding steroid dienone is 1. The summed E-state index contributed by atoms with van der Waals surface area (Å²) in [5.74, 6) is -0.478. The number of aromatic hydroxyl groups is 3. The maximum atomic E-state index is 13.2. The number of benzene rings is 2. The van der Waals surface area contributed by atoms with Crippen LogP contribution in [-0.4, -0.2) is 29.5 Å². The summed E-state index contributed by atoms with van der Waals surface area (Å²) < 4.78 is 16.3. The predicted molar refractivity (Wildman–Crippen MR) is 107 cm³/mol. The summed E-state index contributed by atoms with van der Waals surface area (Å²) in [6, 6.07) is 4.10. The Bertz CT molecular complexity index is 1240. The van der Waals surface area contributed by atoms with Crippen LogP contribution in [0.25, 0.3) is 22.3 Å². The van der Waals surface area contributed by atoms with Crippen LogP contribution in [0.2, 0.25) is 0 Å². The molecule has 1 heterocycles. The second kappa shape index (κ2) is 6.48. The molecule has 0 fully saturated rings. The van der Waals surface area contributed by atoms with Gasteiger partial charge in [0, 0.05) is 35.2 Å². The molecule has 0 bridgehead atoms. The summed E-state index contributed by atoms with van der Waals surface area (Å²) in [5.41, 5.74) is 1.28. The van der Waals surface area contributed by atoms with Gasteiger partial charge in [0.1, 0.15) is 34.0 Å². The van der Waals surface area contributed by atoms with Gasteiger partial charge in [-0.05, 0) is 13.3 Å². The molecule has 150 valence electrons. The van der Waals surface area contributed by atoms with Crippen LogP contribution in [0.15, 0.2) is 39.6 Å². The summed E-state index contributed by atoms with van der Waals surface area (Å²) in [6.45, 7) is 5.76. The van der Waals surface area contributed by atoms with Crippen LogP contribution in [0.5, 0.6) is 28.7 Å². The fraction of sp³-hybridized carbons (Fsp3) is 0.227. The van der Waals surface area contributed by atoms with E-state index >= 15 is 0 Å². The van der Waals surface area contributed by atoms with Gasteiger partial charge in [0.15, 0.2) is 16.9 Å². The van der Waals surface area contributed by atoms with Crippen LogP contribution in [0.3, 0.4) is 0 Å². The zero-order chi connectivity index (χ0) is 21.0. The Hall–Kier alpha value is -3.61. The molecule has 7 heteroatoms. The standard InChI is InChI=1S/C22H20O7/c1-9(2)11-7-12-20(25)18-13(23)5-10(27-3)6-15(18)29-22(12)19-14(24)8-16(28-4)21(26)17(11)19/h5-6,8,11,23-24,26H,1,7H2,2-4H3/t11-/m0/s1. The molecular weight excluding hydrogens is 376 g/mol. The van der Waals surface area contributed by atoms with Crippen molar-refractivity contribution in [3.8, 4) is 40.1 Å². The lowest BCUT2D eigenvalue weighted by atomic mass is 9.77. The average molecular weight is 396 g/mol. The fourth-order valence-electron chi connectivity index (χ4n) is 3.93. The zero-order valence-electron chi connectivity index (χ0n) is 16.2. The van der Waals surface area contributed by atoms with Crippen LogP contribution in [0.1, 0.15) is 24.0 Å². The van der Waals surface area contributed by atoms with Crippen molar-refractivity contribution in [1.29, 1.82) is 0 Å². The molecule has 2 aromatic carbocycles. The van der Waals surface area contributed by atoms with E-state index < -0.39 is 11.3 Å². The van der Waals surface area contributed by atoms with Gasteiger partial charge in [-0.1, -0.05) is 12.2 Å². The lowest BCUT2D eigenvalue weighted by Gasteiger charge is -2.29. The monoisotopic (exact) mass is 396 g/mol. The second-order valence-corrected chi connectivity index (χ2v) is 7.10. The third kappa shape index (κ3) is 2.61. The van der Waals surface area contributed by atoms with E-state index in [4.69, 9.17) is 13.9 Å². The predicted octanol–water partition coefficient (Wildman–Crippen LogP) is 3.81. The molecule has 29 heavy (non-hydrogen) atoms. The van der Waals surface area contributed by atoms with Crippen molar-refractivity contribution in [2.75, 3.05) is 14.2 Å². The highest BCUT2D eigenvalue weighted by molar-refractivity contribution is 5.90. The molecule has 0 saturated heterocycles. The first kappa shape index (κ1) is 18.7. The number of ether oxygens (including phenoxy) is 2. The molecule has 1 aliphatic rings. The number of methoxy groups -OCH3 is 2. The topological polar surface area (TPSA) is 109 Å². The molecule has 0 spiro atoms. The summed E-state index contributed by atoms with van der Waals surface area (Å²) in [5, 5.41) is 31.8. The molecule has 4 rings (SSSR count).